The minimum atomic E-state index is -5.04. The van der Waals surface area contributed by atoms with Crippen molar-refractivity contribution in [3.8, 4) is 0 Å². The number of alkyl halides is 3. The Morgan fingerprint density at radius 3 is 2.59 bits per heavy atom. The zero-order chi connectivity index (χ0) is 20.4. The topological polar surface area (TPSA) is 80.1 Å². The van der Waals surface area contributed by atoms with Crippen molar-refractivity contribution in [2.75, 3.05) is 7.11 Å². The number of nitrogens with one attached hydrogen (secondary N) is 1. The summed E-state index contributed by atoms with van der Waals surface area (Å²) >= 11 is 3.25. The first-order valence-corrected chi connectivity index (χ1v) is 8.30. The van der Waals surface area contributed by atoms with Crippen LogP contribution in [0.3, 0.4) is 0 Å². The third-order valence-corrected chi connectivity index (χ3v) is 4.41. The van der Waals surface area contributed by atoms with Crippen LogP contribution in [0.5, 0.6) is 0 Å². The minimum Gasteiger partial charge on any atom is -0.466 e. The monoisotopic (exact) mass is 471 g/mol. The fourth-order valence-corrected chi connectivity index (χ4v) is 2.90. The average Bonchev–Trinajstić information content (AvgIpc) is 2.92. The number of hydrogen-bond donors (Lipinski definition) is 1. The van der Waals surface area contributed by atoms with Gasteiger partial charge >= 0.3 is 12.1 Å². The van der Waals surface area contributed by atoms with E-state index >= 15 is 0 Å². The Hall–Kier alpha value is -2.28. The van der Waals surface area contributed by atoms with Crippen molar-refractivity contribution in [1.82, 2.24) is 5.32 Å². The van der Waals surface area contributed by atoms with Crippen molar-refractivity contribution in [1.29, 1.82) is 0 Å². The van der Waals surface area contributed by atoms with E-state index in [0.717, 1.165) is 13.2 Å². The van der Waals surface area contributed by atoms with Crippen LogP contribution in [0.25, 0.3) is 0 Å². The highest BCUT2D eigenvalue weighted by molar-refractivity contribution is 9.10. The standard InChI is InChI=1S/C14H7BrF5N3O3S/c1-26-9(24)3-8-12(25)22-13(27-8)23-21-4-5-10(16)6(14(18,19)20)2-7(15)11(5)17/h2-4H,1H3,(H,22,23,25)/b8-3+,21-4?. The van der Waals surface area contributed by atoms with Crippen molar-refractivity contribution in [2.24, 2.45) is 10.2 Å². The molecule has 0 unspecified atom stereocenters. The normalized spacial score (nSPS) is 17.8. The van der Waals surface area contributed by atoms with Crippen LogP contribution in [-0.2, 0) is 20.5 Å². The molecule has 1 heterocycles. The predicted molar refractivity (Wildman–Crippen MR) is 89.9 cm³/mol. The smallest absolute Gasteiger partial charge is 0.419 e. The van der Waals surface area contributed by atoms with Crippen LogP contribution in [0.2, 0.25) is 0 Å². The van der Waals surface area contributed by atoms with Crippen LogP contribution in [0.4, 0.5) is 22.0 Å². The van der Waals surface area contributed by atoms with E-state index in [4.69, 9.17) is 0 Å². The number of thioether (sulfide) groups is 1. The van der Waals surface area contributed by atoms with Crippen molar-refractivity contribution >= 4 is 51.0 Å². The molecule has 1 aliphatic heterocycles. The number of nitrogens with zero attached hydrogens (tertiary/aromatic N) is 2. The Morgan fingerprint density at radius 2 is 2.00 bits per heavy atom. The van der Waals surface area contributed by atoms with Gasteiger partial charge in [-0.15, -0.1) is 5.10 Å². The summed E-state index contributed by atoms with van der Waals surface area (Å²) in [6.45, 7) is 0. The fraction of sp³-hybridized carbons (Fsp3) is 0.143. The van der Waals surface area contributed by atoms with Crippen LogP contribution in [0.1, 0.15) is 11.1 Å². The van der Waals surface area contributed by atoms with Gasteiger partial charge in [-0.3, -0.25) is 10.1 Å². The SMILES string of the molecule is COC(=O)/C=C1/S/C(=N\N=Cc2c(F)c(Br)cc(C(F)(F)F)c2F)NC1=O. The summed E-state index contributed by atoms with van der Waals surface area (Å²) in [7, 11) is 1.10. The van der Waals surface area contributed by atoms with E-state index < -0.39 is 45.3 Å². The largest absolute Gasteiger partial charge is 0.466 e. The number of amides is 1. The summed E-state index contributed by atoms with van der Waals surface area (Å²) in [5.74, 6) is -4.66. The third kappa shape index (κ3) is 4.91. The Bertz CT molecular complexity index is 899. The van der Waals surface area contributed by atoms with E-state index in [0.29, 0.717) is 18.0 Å². The number of hydrogen-bond acceptors (Lipinski definition) is 6. The van der Waals surface area contributed by atoms with E-state index in [9.17, 15) is 31.5 Å². The Balaban J connectivity index is 2.31. The maximum Gasteiger partial charge on any atom is 0.419 e. The molecule has 144 valence electrons. The molecule has 2 rings (SSSR count). The van der Waals surface area contributed by atoms with E-state index in [1.54, 1.807) is 0 Å². The molecule has 1 aromatic carbocycles. The number of amidine groups is 1. The zero-order valence-electron chi connectivity index (χ0n) is 13.0. The van der Waals surface area contributed by atoms with Gasteiger partial charge in [0.15, 0.2) is 5.17 Å². The molecule has 0 bridgehead atoms. The van der Waals surface area contributed by atoms with E-state index in [1.807, 2.05) is 0 Å². The zero-order valence-corrected chi connectivity index (χ0v) is 15.4. The number of rotatable bonds is 3. The van der Waals surface area contributed by atoms with Crippen molar-refractivity contribution in [3.63, 3.8) is 0 Å². The molecule has 27 heavy (non-hydrogen) atoms. The molecule has 1 fully saturated rings. The van der Waals surface area contributed by atoms with E-state index in [2.05, 4.69) is 36.2 Å². The summed E-state index contributed by atoms with van der Waals surface area (Å²) in [5.41, 5.74) is -2.75. The summed E-state index contributed by atoms with van der Waals surface area (Å²) in [5, 5.41) is 8.79. The Labute approximate surface area is 160 Å². The summed E-state index contributed by atoms with van der Waals surface area (Å²) in [6.07, 6.45) is -3.72. The molecule has 1 amide bonds. The maximum absolute atomic E-state index is 14.0. The van der Waals surface area contributed by atoms with Gasteiger partial charge in [0, 0.05) is 6.08 Å². The lowest BCUT2D eigenvalue weighted by Crippen LogP contribution is -2.19. The second kappa shape index (κ2) is 8.17. The molecule has 0 aliphatic carbocycles. The minimum absolute atomic E-state index is 0.0741. The Morgan fingerprint density at radius 1 is 1.33 bits per heavy atom. The molecule has 1 aromatic rings. The number of ether oxygens (including phenoxy) is 1. The molecular formula is C14H7BrF5N3O3S. The van der Waals surface area contributed by atoms with Gasteiger partial charge < -0.3 is 4.74 Å². The van der Waals surface area contributed by atoms with Gasteiger partial charge in [-0.2, -0.15) is 18.3 Å². The average molecular weight is 472 g/mol. The first-order chi connectivity index (χ1) is 12.5. The molecule has 6 nitrogen and oxygen atoms in total. The van der Waals surface area contributed by atoms with Gasteiger partial charge in [-0.1, -0.05) is 0 Å². The number of methoxy groups -OCH3 is 1. The molecule has 0 saturated carbocycles. The molecule has 0 radical (unpaired) electrons. The number of benzene rings is 1. The quantitative estimate of drug-likeness (QED) is 0.183. The number of esters is 1. The van der Waals surface area contributed by atoms with Crippen molar-refractivity contribution < 1.29 is 36.3 Å². The van der Waals surface area contributed by atoms with Gasteiger partial charge in [0.05, 0.1) is 33.8 Å². The molecule has 1 N–H and O–H groups in total. The fourth-order valence-electron chi connectivity index (χ4n) is 1.72. The van der Waals surface area contributed by atoms with Crippen LogP contribution in [0.15, 0.2) is 31.7 Å². The van der Waals surface area contributed by atoms with Crippen LogP contribution >= 0.6 is 27.7 Å². The summed E-state index contributed by atoms with van der Waals surface area (Å²) < 4.78 is 69.9. The lowest BCUT2D eigenvalue weighted by Gasteiger charge is -2.11. The first-order valence-electron chi connectivity index (χ1n) is 6.69. The predicted octanol–water partition coefficient (Wildman–Crippen LogP) is 3.36. The maximum atomic E-state index is 14.0. The molecule has 0 spiro atoms. The summed E-state index contributed by atoms with van der Waals surface area (Å²) in [4.78, 5) is 22.6. The molecule has 0 aromatic heterocycles. The molecule has 1 saturated heterocycles. The molecular weight excluding hydrogens is 465 g/mol. The number of carbonyl (C=O) groups is 2. The second-order valence-electron chi connectivity index (χ2n) is 4.68. The number of halogens is 6. The van der Waals surface area contributed by atoms with Gasteiger partial charge in [-0.05, 0) is 33.8 Å². The highest BCUT2D eigenvalue weighted by atomic mass is 79.9. The third-order valence-electron chi connectivity index (χ3n) is 2.93. The van der Waals surface area contributed by atoms with Crippen LogP contribution in [0, 0.1) is 11.6 Å². The van der Waals surface area contributed by atoms with Gasteiger partial charge in [-0.25, -0.2) is 13.6 Å². The number of carbonyl (C=O) groups excluding carboxylic acids is 2. The van der Waals surface area contributed by atoms with Crippen LogP contribution in [-0.4, -0.2) is 30.4 Å². The Kier molecular flexibility index (Phi) is 6.36. The van der Waals surface area contributed by atoms with Gasteiger partial charge in [0.25, 0.3) is 5.91 Å². The van der Waals surface area contributed by atoms with Gasteiger partial charge in [0.2, 0.25) is 0 Å². The summed E-state index contributed by atoms with van der Waals surface area (Å²) in [6, 6.07) is 0.269. The molecule has 13 heteroatoms. The van der Waals surface area contributed by atoms with Gasteiger partial charge in [0.1, 0.15) is 11.6 Å². The second-order valence-corrected chi connectivity index (χ2v) is 6.57. The van der Waals surface area contributed by atoms with E-state index in [1.165, 1.54) is 0 Å². The van der Waals surface area contributed by atoms with E-state index in [-0.39, 0.29) is 16.1 Å². The van der Waals surface area contributed by atoms with Crippen LogP contribution < -0.4 is 5.32 Å². The van der Waals surface area contributed by atoms with Crippen molar-refractivity contribution in [2.45, 2.75) is 6.18 Å². The molecule has 0 atom stereocenters. The molecule has 1 aliphatic rings. The highest BCUT2D eigenvalue weighted by Gasteiger charge is 2.36. The lowest BCUT2D eigenvalue weighted by atomic mass is 10.1. The first kappa shape index (κ1) is 21.0. The van der Waals surface area contributed by atoms with Crippen molar-refractivity contribution in [3.05, 3.63) is 44.3 Å². The lowest BCUT2D eigenvalue weighted by molar-refractivity contribution is -0.140. The highest BCUT2D eigenvalue weighted by Crippen LogP contribution is 2.36.